The molecule has 3 aromatic rings. The Hall–Kier alpha value is -3.55. The van der Waals surface area contributed by atoms with Gasteiger partial charge in [-0.1, -0.05) is 55.3 Å². The molecule has 0 atom stereocenters. The van der Waals surface area contributed by atoms with E-state index < -0.39 is 10.8 Å². The van der Waals surface area contributed by atoms with Gasteiger partial charge in [0.15, 0.2) is 0 Å². The quantitative estimate of drug-likeness (QED) is 0.522. The molecule has 8 nitrogen and oxygen atoms in total. The van der Waals surface area contributed by atoms with Crippen LogP contribution in [-0.2, 0) is 6.42 Å². The fourth-order valence-corrected chi connectivity index (χ4v) is 2.56. The average molecular weight is 366 g/mol. The predicted molar refractivity (Wildman–Crippen MR) is 98.7 cm³/mol. The minimum Gasteiger partial charge on any atom is -0.407 e. The molecular weight excluding hydrogens is 348 g/mol. The number of hydrogen-bond acceptors (Lipinski definition) is 6. The first kappa shape index (κ1) is 18.2. The van der Waals surface area contributed by atoms with Crippen molar-refractivity contribution in [3.05, 3.63) is 81.2 Å². The molecule has 0 aliphatic carbocycles. The third-order valence-corrected chi connectivity index (χ3v) is 4.03. The number of para-hydroxylation sites is 1. The number of carbonyl (C=O) groups excluding carboxylic acids is 1. The summed E-state index contributed by atoms with van der Waals surface area (Å²) in [5.41, 5.74) is 1.87. The summed E-state index contributed by atoms with van der Waals surface area (Å²) in [6, 6.07) is 13.6. The topological polar surface area (TPSA) is 111 Å². The molecule has 1 heterocycles. The highest BCUT2D eigenvalue weighted by Crippen LogP contribution is 2.20. The van der Waals surface area contributed by atoms with Crippen molar-refractivity contribution in [2.75, 3.05) is 5.32 Å². The molecule has 0 saturated heterocycles. The molecule has 0 bridgehead atoms. The van der Waals surface area contributed by atoms with Gasteiger partial charge in [0.25, 0.3) is 11.6 Å². The molecule has 2 aromatic carbocycles. The van der Waals surface area contributed by atoms with E-state index in [4.69, 9.17) is 4.42 Å². The molecule has 0 fully saturated rings. The number of hydrogen-bond donors (Lipinski definition) is 1. The van der Waals surface area contributed by atoms with Crippen LogP contribution in [0, 0.1) is 10.1 Å². The van der Waals surface area contributed by atoms with Gasteiger partial charge in [0.2, 0.25) is 5.89 Å². The molecule has 3 rings (SSSR count). The van der Waals surface area contributed by atoms with Crippen molar-refractivity contribution in [2.45, 2.75) is 26.2 Å². The van der Waals surface area contributed by atoms with Crippen molar-refractivity contribution < 1.29 is 14.1 Å². The van der Waals surface area contributed by atoms with Crippen LogP contribution in [0.3, 0.4) is 0 Å². The average Bonchev–Trinajstić information content (AvgIpc) is 3.08. The zero-order valence-electron chi connectivity index (χ0n) is 14.9. The van der Waals surface area contributed by atoms with Gasteiger partial charge < -0.3 is 4.42 Å². The molecule has 0 aliphatic rings. The van der Waals surface area contributed by atoms with Crippen LogP contribution in [0.4, 0.5) is 11.7 Å². The Balaban J connectivity index is 1.69. The molecular formula is C19H18N4O4. The first-order chi connectivity index (χ1) is 12.9. The normalized spacial score (nSPS) is 10.8. The van der Waals surface area contributed by atoms with Gasteiger partial charge >= 0.3 is 6.01 Å². The van der Waals surface area contributed by atoms with E-state index >= 15 is 0 Å². The van der Waals surface area contributed by atoms with Crippen molar-refractivity contribution in [1.82, 2.24) is 10.2 Å². The number of nitrogens with one attached hydrogen (secondary N) is 1. The van der Waals surface area contributed by atoms with Crippen LogP contribution < -0.4 is 5.32 Å². The predicted octanol–water partition coefficient (Wildman–Crippen LogP) is 3.94. The number of benzene rings is 2. The summed E-state index contributed by atoms with van der Waals surface area (Å²) in [6.07, 6.45) is 0.423. The van der Waals surface area contributed by atoms with Crippen molar-refractivity contribution in [1.29, 1.82) is 0 Å². The van der Waals surface area contributed by atoms with E-state index in [1.807, 2.05) is 24.3 Å². The molecule has 1 amide bonds. The monoisotopic (exact) mass is 366 g/mol. The van der Waals surface area contributed by atoms with Crippen LogP contribution in [0.25, 0.3) is 0 Å². The SMILES string of the molecule is CC(C)c1ccc(Cc2nnc(NC(=O)c3ccccc3[N+](=O)[O-])o2)cc1. The van der Waals surface area contributed by atoms with Gasteiger partial charge in [0, 0.05) is 6.07 Å². The van der Waals surface area contributed by atoms with Crippen molar-refractivity contribution >= 4 is 17.6 Å². The van der Waals surface area contributed by atoms with E-state index in [0.717, 1.165) is 5.56 Å². The Bertz CT molecular complexity index is 964. The standard InChI is InChI=1S/C19H18N4O4/c1-12(2)14-9-7-13(8-10-14)11-17-21-22-19(27-17)20-18(24)15-5-3-4-6-16(15)23(25)26/h3-10,12H,11H2,1-2H3,(H,20,22,24). The summed E-state index contributed by atoms with van der Waals surface area (Å²) in [6.45, 7) is 4.25. The number of nitro benzene ring substituents is 1. The lowest BCUT2D eigenvalue weighted by Crippen LogP contribution is -2.14. The van der Waals surface area contributed by atoms with Gasteiger partial charge in [-0.15, -0.1) is 5.10 Å². The van der Waals surface area contributed by atoms with Gasteiger partial charge in [-0.3, -0.25) is 20.2 Å². The van der Waals surface area contributed by atoms with Gasteiger partial charge in [0.1, 0.15) is 5.56 Å². The second-order valence-corrected chi connectivity index (χ2v) is 6.30. The lowest BCUT2D eigenvalue weighted by Gasteiger charge is -2.05. The molecule has 1 N–H and O–H groups in total. The van der Waals surface area contributed by atoms with Crippen LogP contribution in [0.1, 0.15) is 47.1 Å². The molecule has 0 saturated carbocycles. The summed E-state index contributed by atoms with van der Waals surface area (Å²) in [7, 11) is 0. The van der Waals surface area contributed by atoms with Crippen LogP contribution in [0.2, 0.25) is 0 Å². The first-order valence-electron chi connectivity index (χ1n) is 8.40. The summed E-state index contributed by atoms with van der Waals surface area (Å²) in [4.78, 5) is 22.7. The fraction of sp³-hybridized carbons (Fsp3) is 0.211. The zero-order chi connectivity index (χ0) is 19.4. The molecule has 0 radical (unpaired) electrons. The zero-order valence-corrected chi connectivity index (χ0v) is 14.9. The Morgan fingerprint density at radius 2 is 1.85 bits per heavy atom. The highest BCUT2D eigenvalue weighted by molar-refractivity contribution is 6.06. The maximum atomic E-state index is 12.3. The Labute approximate surface area is 155 Å². The fourth-order valence-electron chi connectivity index (χ4n) is 2.56. The third kappa shape index (κ3) is 4.35. The minimum absolute atomic E-state index is 0.0773. The number of carbonyl (C=O) groups is 1. The van der Waals surface area contributed by atoms with Crippen LogP contribution in [-0.4, -0.2) is 21.0 Å². The molecule has 0 spiro atoms. The van der Waals surface area contributed by atoms with Crippen LogP contribution >= 0.6 is 0 Å². The Morgan fingerprint density at radius 3 is 2.52 bits per heavy atom. The van der Waals surface area contributed by atoms with Gasteiger partial charge in [-0.05, 0) is 23.1 Å². The lowest BCUT2D eigenvalue weighted by molar-refractivity contribution is -0.385. The van der Waals surface area contributed by atoms with Crippen LogP contribution in [0.5, 0.6) is 0 Å². The highest BCUT2D eigenvalue weighted by atomic mass is 16.6. The van der Waals surface area contributed by atoms with Gasteiger partial charge in [0.05, 0.1) is 11.3 Å². The maximum absolute atomic E-state index is 12.3. The second-order valence-electron chi connectivity index (χ2n) is 6.30. The number of anilines is 1. The van der Waals surface area contributed by atoms with Crippen LogP contribution in [0.15, 0.2) is 52.9 Å². The van der Waals surface area contributed by atoms with E-state index in [0.29, 0.717) is 18.2 Å². The minimum atomic E-state index is -0.682. The van der Waals surface area contributed by atoms with E-state index in [2.05, 4.69) is 29.4 Å². The molecule has 0 unspecified atom stereocenters. The van der Waals surface area contributed by atoms with Gasteiger partial charge in [-0.2, -0.15) is 0 Å². The summed E-state index contributed by atoms with van der Waals surface area (Å²) < 4.78 is 5.43. The Kier molecular flexibility index (Phi) is 5.25. The summed E-state index contributed by atoms with van der Waals surface area (Å²) in [5.74, 6) is 0.107. The number of amides is 1. The smallest absolute Gasteiger partial charge is 0.322 e. The van der Waals surface area contributed by atoms with E-state index in [1.54, 1.807) is 6.07 Å². The third-order valence-electron chi connectivity index (χ3n) is 4.03. The van der Waals surface area contributed by atoms with E-state index in [1.165, 1.54) is 23.8 Å². The molecule has 8 heteroatoms. The molecule has 138 valence electrons. The maximum Gasteiger partial charge on any atom is 0.322 e. The summed E-state index contributed by atoms with van der Waals surface area (Å²) >= 11 is 0. The molecule has 27 heavy (non-hydrogen) atoms. The van der Waals surface area contributed by atoms with Gasteiger partial charge in [-0.25, -0.2) is 0 Å². The number of rotatable bonds is 6. The highest BCUT2D eigenvalue weighted by Gasteiger charge is 2.21. The van der Waals surface area contributed by atoms with Crippen molar-refractivity contribution in [2.24, 2.45) is 0 Å². The van der Waals surface area contributed by atoms with E-state index in [-0.39, 0.29) is 17.3 Å². The van der Waals surface area contributed by atoms with E-state index in [9.17, 15) is 14.9 Å². The van der Waals surface area contributed by atoms with Crippen molar-refractivity contribution in [3.8, 4) is 0 Å². The number of aromatic nitrogens is 2. The number of nitrogens with zero attached hydrogens (tertiary/aromatic N) is 3. The first-order valence-corrected chi connectivity index (χ1v) is 8.40. The lowest BCUT2D eigenvalue weighted by atomic mass is 10.0. The number of nitro groups is 1. The second kappa shape index (κ2) is 7.77. The Morgan fingerprint density at radius 1 is 1.15 bits per heavy atom. The largest absolute Gasteiger partial charge is 0.407 e. The van der Waals surface area contributed by atoms with Crippen molar-refractivity contribution in [3.63, 3.8) is 0 Å². The molecule has 1 aromatic heterocycles. The summed E-state index contributed by atoms with van der Waals surface area (Å²) in [5, 5.41) is 21.1. The molecule has 0 aliphatic heterocycles.